The Bertz CT molecular complexity index is 716. The highest BCUT2D eigenvalue weighted by molar-refractivity contribution is 5.95. The normalized spacial score (nSPS) is 16.9. The summed E-state index contributed by atoms with van der Waals surface area (Å²) >= 11 is 0. The number of hydrogen-bond donors (Lipinski definition) is 4. The lowest BCUT2D eigenvalue weighted by atomic mass is 9.93. The molecular formula is C25H41N5O2. The van der Waals surface area contributed by atoms with Crippen LogP contribution < -0.4 is 21.3 Å². The van der Waals surface area contributed by atoms with Crippen molar-refractivity contribution >= 4 is 17.5 Å². The molecule has 2 fully saturated rings. The Labute approximate surface area is 193 Å². The number of amides is 2. The van der Waals surface area contributed by atoms with Gasteiger partial charge in [-0.3, -0.25) is 9.59 Å². The first-order chi connectivity index (χ1) is 15.7. The lowest BCUT2D eigenvalue weighted by Gasteiger charge is -2.33. The minimum absolute atomic E-state index is 0.0235. The Morgan fingerprint density at radius 2 is 1.78 bits per heavy atom. The molecule has 0 heterocycles. The molecule has 2 aliphatic rings. The SMILES string of the molecule is CCN(C(=O)c1cccc(NCCNCC(=O)NCCNC2CCC2)c1)C1CCCCC1. The molecule has 1 aromatic rings. The van der Waals surface area contributed by atoms with Crippen LogP contribution in [0.1, 0.15) is 68.6 Å². The minimum Gasteiger partial charge on any atom is -0.384 e. The van der Waals surface area contributed by atoms with Gasteiger partial charge in [-0.25, -0.2) is 0 Å². The van der Waals surface area contributed by atoms with Crippen molar-refractivity contribution in [2.75, 3.05) is 44.6 Å². The molecule has 0 aromatic heterocycles. The fourth-order valence-electron chi connectivity index (χ4n) is 4.54. The van der Waals surface area contributed by atoms with Crippen molar-refractivity contribution in [2.24, 2.45) is 0 Å². The van der Waals surface area contributed by atoms with E-state index in [1.165, 1.54) is 38.5 Å². The van der Waals surface area contributed by atoms with Gasteiger partial charge in [0, 0.05) is 56.1 Å². The zero-order valence-corrected chi connectivity index (χ0v) is 19.6. The molecule has 0 radical (unpaired) electrons. The summed E-state index contributed by atoms with van der Waals surface area (Å²) in [5, 5.41) is 12.9. The zero-order chi connectivity index (χ0) is 22.6. The maximum Gasteiger partial charge on any atom is 0.254 e. The van der Waals surface area contributed by atoms with Gasteiger partial charge < -0.3 is 26.2 Å². The predicted octanol–water partition coefficient (Wildman–Crippen LogP) is 2.74. The Morgan fingerprint density at radius 3 is 2.50 bits per heavy atom. The van der Waals surface area contributed by atoms with E-state index in [2.05, 4.69) is 28.2 Å². The van der Waals surface area contributed by atoms with Gasteiger partial charge in [0.15, 0.2) is 0 Å². The van der Waals surface area contributed by atoms with Crippen LogP contribution in [0.25, 0.3) is 0 Å². The molecule has 0 spiro atoms. The molecule has 4 N–H and O–H groups in total. The smallest absolute Gasteiger partial charge is 0.254 e. The molecule has 3 rings (SSSR count). The van der Waals surface area contributed by atoms with E-state index in [0.717, 1.165) is 37.2 Å². The summed E-state index contributed by atoms with van der Waals surface area (Å²) in [6, 6.07) is 8.79. The Morgan fingerprint density at radius 1 is 0.969 bits per heavy atom. The van der Waals surface area contributed by atoms with Crippen LogP contribution in [0, 0.1) is 0 Å². The molecule has 7 nitrogen and oxygen atoms in total. The summed E-state index contributed by atoms with van der Waals surface area (Å²) in [7, 11) is 0. The number of nitrogens with one attached hydrogen (secondary N) is 4. The zero-order valence-electron chi connectivity index (χ0n) is 19.6. The molecule has 2 saturated carbocycles. The van der Waals surface area contributed by atoms with E-state index in [0.29, 0.717) is 38.3 Å². The first-order valence-electron chi connectivity index (χ1n) is 12.5. The maximum atomic E-state index is 13.1. The van der Waals surface area contributed by atoms with Crippen molar-refractivity contribution in [2.45, 2.75) is 70.4 Å². The van der Waals surface area contributed by atoms with Crippen LogP contribution in [0.15, 0.2) is 24.3 Å². The van der Waals surface area contributed by atoms with E-state index in [4.69, 9.17) is 0 Å². The van der Waals surface area contributed by atoms with Crippen molar-refractivity contribution in [3.63, 3.8) is 0 Å². The molecule has 0 saturated heterocycles. The summed E-state index contributed by atoms with van der Waals surface area (Å²) in [5.41, 5.74) is 1.68. The lowest BCUT2D eigenvalue weighted by Crippen LogP contribution is -2.42. The highest BCUT2D eigenvalue weighted by atomic mass is 16.2. The van der Waals surface area contributed by atoms with Crippen LogP contribution in [0.2, 0.25) is 0 Å². The van der Waals surface area contributed by atoms with Gasteiger partial charge in [0.25, 0.3) is 5.91 Å². The van der Waals surface area contributed by atoms with Gasteiger partial charge >= 0.3 is 0 Å². The molecule has 32 heavy (non-hydrogen) atoms. The quantitative estimate of drug-likeness (QED) is 0.352. The second-order valence-corrected chi connectivity index (χ2v) is 9.00. The third-order valence-corrected chi connectivity index (χ3v) is 6.63. The number of carbonyl (C=O) groups is 2. The molecule has 0 aliphatic heterocycles. The van der Waals surface area contributed by atoms with E-state index in [1.54, 1.807) is 0 Å². The van der Waals surface area contributed by atoms with Crippen molar-refractivity contribution in [3.05, 3.63) is 29.8 Å². The summed E-state index contributed by atoms with van der Waals surface area (Å²) in [5.74, 6) is 0.153. The highest BCUT2D eigenvalue weighted by Crippen LogP contribution is 2.24. The summed E-state index contributed by atoms with van der Waals surface area (Å²) in [4.78, 5) is 27.0. The average molecular weight is 444 g/mol. The van der Waals surface area contributed by atoms with Crippen molar-refractivity contribution in [1.82, 2.24) is 20.9 Å². The van der Waals surface area contributed by atoms with Crippen molar-refractivity contribution < 1.29 is 9.59 Å². The van der Waals surface area contributed by atoms with Gasteiger partial charge in [0.05, 0.1) is 6.54 Å². The van der Waals surface area contributed by atoms with Crippen LogP contribution in [-0.2, 0) is 4.79 Å². The molecule has 178 valence electrons. The molecular weight excluding hydrogens is 402 g/mol. The Balaban J connectivity index is 1.32. The van der Waals surface area contributed by atoms with E-state index in [9.17, 15) is 9.59 Å². The van der Waals surface area contributed by atoms with Crippen LogP contribution in [0.5, 0.6) is 0 Å². The van der Waals surface area contributed by atoms with Gasteiger partial charge in [0.1, 0.15) is 0 Å². The number of rotatable bonds is 13. The average Bonchev–Trinajstić information content (AvgIpc) is 2.79. The standard InChI is InChI=1S/C25H41N5O2/c1-2-30(23-12-4-3-5-13-23)25(32)20-8-6-11-22(18-20)28-15-14-26-19-24(31)29-17-16-27-21-9-7-10-21/h6,8,11,18,21,23,26-28H,2-5,7,9-10,12-17,19H2,1H3,(H,29,31). The van der Waals surface area contributed by atoms with Crippen molar-refractivity contribution in [1.29, 1.82) is 0 Å². The van der Waals surface area contributed by atoms with Crippen LogP contribution in [-0.4, -0.2) is 68.1 Å². The minimum atomic E-state index is 0.0235. The predicted molar refractivity (Wildman–Crippen MR) is 130 cm³/mol. The number of carbonyl (C=O) groups excluding carboxylic acids is 2. The fraction of sp³-hybridized carbons (Fsp3) is 0.680. The molecule has 0 atom stereocenters. The molecule has 0 bridgehead atoms. The lowest BCUT2D eigenvalue weighted by molar-refractivity contribution is -0.120. The second-order valence-electron chi connectivity index (χ2n) is 9.00. The highest BCUT2D eigenvalue weighted by Gasteiger charge is 2.25. The van der Waals surface area contributed by atoms with Crippen LogP contribution in [0.3, 0.4) is 0 Å². The van der Waals surface area contributed by atoms with Gasteiger partial charge in [-0.15, -0.1) is 0 Å². The third-order valence-electron chi connectivity index (χ3n) is 6.63. The molecule has 1 aromatic carbocycles. The van der Waals surface area contributed by atoms with Crippen LogP contribution >= 0.6 is 0 Å². The maximum absolute atomic E-state index is 13.1. The van der Waals surface area contributed by atoms with E-state index >= 15 is 0 Å². The van der Waals surface area contributed by atoms with Crippen LogP contribution in [0.4, 0.5) is 5.69 Å². The summed E-state index contributed by atoms with van der Waals surface area (Å²) < 4.78 is 0. The summed E-state index contributed by atoms with van der Waals surface area (Å²) in [6.07, 6.45) is 9.81. The number of anilines is 1. The van der Waals surface area contributed by atoms with Crippen molar-refractivity contribution in [3.8, 4) is 0 Å². The molecule has 7 heteroatoms. The first-order valence-corrected chi connectivity index (χ1v) is 12.5. The summed E-state index contributed by atoms with van der Waals surface area (Å²) in [6.45, 7) is 6.01. The Hall–Kier alpha value is -2.12. The van der Waals surface area contributed by atoms with Gasteiger partial charge in [-0.2, -0.15) is 0 Å². The number of benzene rings is 1. The van der Waals surface area contributed by atoms with E-state index < -0.39 is 0 Å². The van der Waals surface area contributed by atoms with E-state index in [1.807, 2.05) is 29.2 Å². The van der Waals surface area contributed by atoms with Gasteiger partial charge in [-0.1, -0.05) is 31.7 Å². The van der Waals surface area contributed by atoms with Gasteiger partial charge in [-0.05, 0) is 50.8 Å². The third kappa shape index (κ3) is 7.78. The molecule has 0 unspecified atom stereocenters. The Kier molecular flexibility index (Phi) is 10.3. The largest absolute Gasteiger partial charge is 0.384 e. The molecule has 2 aliphatic carbocycles. The number of nitrogens with zero attached hydrogens (tertiary/aromatic N) is 1. The molecule has 2 amide bonds. The topological polar surface area (TPSA) is 85.5 Å². The number of hydrogen-bond acceptors (Lipinski definition) is 5. The first kappa shape index (κ1) is 24.5. The van der Waals surface area contributed by atoms with Gasteiger partial charge in [0.2, 0.25) is 5.91 Å². The van der Waals surface area contributed by atoms with E-state index in [-0.39, 0.29) is 11.8 Å². The monoisotopic (exact) mass is 443 g/mol. The second kappa shape index (κ2) is 13.4. The fourth-order valence-corrected chi connectivity index (χ4v) is 4.54.